The van der Waals surface area contributed by atoms with E-state index < -0.39 is 12.0 Å². The van der Waals surface area contributed by atoms with Crippen LogP contribution in [-0.2, 0) is 16.0 Å². The van der Waals surface area contributed by atoms with Gasteiger partial charge in [-0.1, -0.05) is 86.6 Å². The predicted octanol–water partition coefficient (Wildman–Crippen LogP) is 6.79. The molecule has 222 valence electrons. The van der Waals surface area contributed by atoms with Crippen molar-refractivity contribution in [2.24, 2.45) is 5.92 Å². The SMILES string of the molecule is Cc1ccccc1N(CCOc1ccc(C[C@H](Nc2ccccc2C(=O)c2ccccc2)C(=O)O)cc1)C(=O)CC(C)C. The monoisotopic (exact) mass is 578 g/mol. The molecular weight excluding hydrogens is 540 g/mol. The van der Waals surface area contributed by atoms with Crippen molar-refractivity contribution in [3.05, 3.63) is 125 Å². The number of rotatable bonds is 14. The van der Waals surface area contributed by atoms with E-state index in [0.29, 0.717) is 42.1 Å². The van der Waals surface area contributed by atoms with E-state index in [1.165, 1.54) is 0 Å². The van der Waals surface area contributed by atoms with Gasteiger partial charge in [-0.3, -0.25) is 9.59 Å². The molecule has 43 heavy (non-hydrogen) atoms. The summed E-state index contributed by atoms with van der Waals surface area (Å²) in [5.41, 5.74) is 4.12. The van der Waals surface area contributed by atoms with E-state index in [2.05, 4.69) is 5.32 Å². The summed E-state index contributed by atoms with van der Waals surface area (Å²) in [7, 11) is 0. The number of aliphatic carboxylic acids is 1. The van der Waals surface area contributed by atoms with Gasteiger partial charge >= 0.3 is 5.97 Å². The number of nitrogens with one attached hydrogen (secondary N) is 1. The number of amides is 1. The van der Waals surface area contributed by atoms with Crippen molar-refractivity contribution in [1.82, 2.24) is 0 Å². The van der Waals surface area contributed by atoms with Crippen LogP contribution in [0, 0.1) is 12.8 Å². The Morgan fingerprint density at radius 1 is 0.837 bits per heavy atom. The van der Waals surface area contributed by atoms with Crippen LogP contribution in [-0.4, -0.2) is 42.0 Å². The lowest BCUT2D eigenvalue weighted by Crippen LogP contribution is -2.35. The van der Waals surface area contributed by atoms with Crippen molar-refractivity contribution in [2.45, 2.75) is 39.7 Å². The highest BCUT2D eigenvalue weighted by atomic mass is 16.5. The third-order valence-electron chi connectivity index (χ3n) is 7.07. The number of carbonyl (C=O) groups is 3. The van der Waals surface area contributed by atoms with Crippen LogP contribution in [0.3, 0.4) is 0 Å². The molecule has 0 heterocycles. The fourth-order valence-corrected chi connectivity index (χ4v) is 4.86. The number of ether oxygens (including phenoxy) is 1. The van der Waals surface area contributed by atoms with Gasteiger partial charge in [-0.15, -0.1) is 0 Å². The largest absolute Gasteiger partial charge is 0.492 e. The van der Waals surface area contributed by atoms with Crippen molar-refractivity contribution in [1.29, 1.82) is 0 Å². The summed E-state index contributed by atoms with van der Waals surface area (Å²) in [6.45, 7) is 6.76. The summed E-state index contributed by atoms with van der Waals surface area (Å²) < 4.78 is 5.98. The minimum atomic E-state index is -1.02. The fraction of sp³-hybridized carbons (Fsp3) is 0.250. The standard InChI is InChI=1S/C36H38N2O5/c1-25(2)23-34(39)38(33-16-10-7-11-26(33)3)21-22-43-29-19-17-27(18-20-29)24-32(36(41)42)37-31-15-9-8-14-30(31)35(40)28-12-5-4-6-13-28/h4-20,25,32,37H,21-24H2,1-3H3,(H,41,42)/t32-/m0/s1. The maximum atomic E-state index is 13.1. The van der Waals surface area contributed by atoms with E-state index in [1.807, 2.05) is 63.2 Å². The first kappa shape index (κ1) is 31.0. The van der Waals surface area contributed by atoms with Gasteiger partial charge in [0.1, 0.15) is 18.4 Å². The Labute approximate surface area is 253 Å². The highest BCUT2D eigenvalue weighted by Crippen LogP contribution is 2.23. The van der Waals surface area contributed by atoms with Crippen LogP contribution in [0.1, 0.15) is 47.3 Å². The van der Waals surface area contributed by atoms with Crippen LogP contribution in [0.25, 0.3) is 0 Å². The van der Waals surface area contributed by atoms with E-state index in [4.69, 9.17) is 4.74 Å². The summed E-state index contributed by atoms with van der Waals surface area (Å²) in [5, 5.41) is 13.0. The number of carbonyl (C=O) groups excluding carboxylic acids is 2. The molecule has 4 rings (SSSR count). The first-order chi connectivity index (χ1) is 20.7. The van der Waals surface area contributed by atoms with Gasteiger partial charge in [0.25, 0.3) is 0 Å². The van der Waals surface area contributed by atoms with E-state index >= 15 is 0 Å². The quantitative estimate of drug-likeness (QED) is 0.160. The lowest BCUT2D eigenvalue weighted by atomic mass is 10.00. The Balaban J connectivity index is 1.40. The zero-order valence-corrected chi connectivity index (χ0v) is 24.8. The predicted molar refractivity (Wildman–Crippen MR) is 170 cm³/mol. The minimum Gasteiger partial charge on any atom is -0.492 e. The third-order valence-corrected chi connectivity index (χ3v) is 7.07. The van der Waals surface area contributed by atoms with Gasteiger partial charge in [-0.2, -0.15) is 0 Å². The van der Waals surface area contributed by atoms with Gasteiger partial charge in [0, 0.05) is 35.3 Å². The molecule has 7 heteroatoms. The molecule has 0 bridgehead atoms. The lowest BCUT2D eigenvalue weighted by molar-refractivity contribution is -0.137. The smallest absolute Gasteiger partial charge is 0.326 e. The number of hydrogen-bond donors (Lipinski definition) is 2. The average Bonchev–Trinajstić information content (AvgIpc) is 3.00. The summed E-state index contributed by atoms with van der Waals surface area (Å²) in [6, 6.07) is 30.0. The lowest BCUT2D eigenvalue weighted by Gasteiger charge is -2.25. The summed E-state index contributed by atoms with van der Waals surface area (Å²) in [4.78, 5) is 40.1. The summed E-state index contributed by atoms with van der Waals surface area (Å²) in [5.74, 6) is -0.272. The van der Waals surface area contributed by atoms with Crippen LogP contribution in [0.15, 0.2) is 103 Å². The number of nitrogens with zero attached hydrogens (tertiary/aromatic N) is 1. The summed E-state index contributed by atoms with van der Waals surface area (Å²) in [6.07, 6.45) is 0.654. The van der Waals surface area contributed by atoms with Gasteiger partial charge in [-0.25, -0.2) is 4.79 Å². The zero-order valence-electron chi connectivity index (χ0n) is 24.8. The molecule has 0 spiro atoms. The maximum absolute atomic E-state index is 13.1. The molecule has 4 aromatic carbocycles. The Bertz CT molecular complexity index is 1530. The number of carboxylic acids is 1. The molecule has 2 N–H and O–H groups in total. The highest BCUT2D eigenvalue weighted by Gasteiger charge is 2.22. The fourth-order valence-electron chi connectivity index (χ4n) is 4.86. The number of carboxylic acid groups (broad SMARTS) is 1. The molecule has 1 amide bonds. The maximum Gasteiger partial charge on any atom is 0.326 e. The molecule has 0 saturated heterocycles. The van der Waals surface area contributed by atoms with Gasteiger partial charge in [0.15, 0.2) is 5.78 Å². The van der Waals surface area contributed by atoms with Crippen molar-refractivity contribution in [2.75, 3.05) is 23.4 Å². The number of para-hydroxylation sites is 2. The Kier molecular flexibility index (Phi) is 10.7. The molecule has 7 nitrogen and oxygen atoms in total. The third kappa shape index (κ3) is 8.55. The van der Waals surface area contributed by atoms with Gasteiger partial charge < -0.3 is 20.1 Å². The topological polar surface area (TPSA) is 95.9 Å². The molecule has 1 atom stereocenters. The molecule has 0 aliphatic carbocycles. The first-order valence-corrected chi connectivity index (χ1v) is 14.5. The van der Waals surface area contributed by atoms with Crippen molar-refractivity contribution in [3.63, 3.8) is 0 Å². The average molecular weight is 579 g/mol. The number of hydrogen-bond acceptors (Lipinski definition) is 5. The van der Waals surface area contributed by atoms with E-state index in [1.54, 1.807) is 65.6 Å². The summed E-state index contributed by atoms with van der Waals surface area (Å²) >= 11 is 0. The van der Waals surface area contributed by atoms with Crippen LogP contribution >= 0.6 is 0 Å². The van der Waals surface area contributed by atoms with E-state index in [9.17, 15) is 19.5 Å². The molecular formula is C36H38N2O5. The van der Waals surface area contributed by atoms with Crippen LogP contribution in [0.5, 0.6) is 5.75 Å². The molecule has 0 aliphatic rings. The molecule has 0 fully saturated rings. The number of benzene rings is 4. The Morgan fingerprint density at radius 2 is 1.49 bits per heavy atom. The van der Waals surface area contributed by atoms with Crippen LogP contribution in [0.2, 0.25) is 0 Å². The van der Waals surface area contributed by atoms with Gasteiger partial charge in [0.05, 0.1) is 6.54 Å². The van der Waals surface area contributed by atoms with Gasteiger partial charge in [-0.05, 0) is 54.3 Å². The van der Waals surface area contributed by atoms with E-state index in [-0.39, 0.29) is 24.0 Å². The first-order valence-electron chi connectivity index (χ1n) is 14.5. The van der Waals surface area contributed by atoms with Crippen molar-refractivity contribution < 1.29 is 24.2 Å². The number of anilines is 2. The molecule has 0 aromatic heterocycles. The van der Waals surface area contributed by atoms with Gasteiger partial charge in [0.2, 0.25) is 5.91 Å². The second-order valence-electron chi connectivity index (χ2n) is 10.9. The molecule has 4 aromatic rings. The molecule has 0 saturated carbocycles. The number of aryl methyl sites for hydroxylation is 1. The second-order valence-corrected chi connectivity index (χ2v) is 10.9. The molecule has 0 aliphatic heterocycles. The van der Waals surface area contributed by atoms with Crippen molar-refractivity contribution in [3.8, 4) is 5.75 Å². The van der Waals surface area contributed by atoms with Crippen LogP contribution < -0.4 is 15.0 Å². The number of ketones is 1. The highest BCUT2D eigenvalue weighted by molar-refractivity contribution is 6.12. The second kappa shape index (κ2) is 14.8. The minimum absolute atomic E-state index is 0.0579. The Hall–Kier alpha value is -4.91. The normalized spacial score (nSPS) is 11.5. The zero-order chi connectivity index (χ0) is 30.8. The van der Waals surface area contributed by atoms with Crippen molar-refractivity contribution >= 4 is 29.0 Å². The van der Waals surface area contributed by atoms with E-state index in [0.717, 1.165) is 16.8 Å². The molecule has 0 unspecified atom stereocenters. The Morgan fingerprint density at radius 3 is 2.16 bits per heavy atom. The van der Waals surface area contributed by atoms with Crippen LogP contribution in [0.4, 0.5) is 11.4 Å². The molecule has 0 radical (unpaired) electrons.